The average molecular weight is 370 g/mol. The average Bonchev–Trinajstić information content (AvgIpc) is 2.68. The summed E-state index contributed by atoms with van der Waals surface area (Å²) >= 11 is 0. The van der Waals surface area contributed by atoms with Gasteiger partial charge in [-0.05, 0) is 56.2 Å². The first kappa shape index (κ1) is 18.3. The predicted molar refractivity (Wildman–Crippen MR) is 105 cm³/mol. The molecule has 1 aliphatic carbocycles. The molecule has 1 N–H and O–H groups in total. The van der Waals surface area contributed by atoms with Gasteiger partial charge < -0.3 is 15.0 Å². The van der Waals surface area contributed by atoms with E-state index >= 15 is 0 Å². The van der Waals surface area contributed by atoms with E-state index in [0.29, 0.717) is 35.9 Å². The van der Waals surface area contributed by atoms with Crippen molar-refractivity contribution in [2.24, 2.45) is 5.92 Å². The molecule has 4 rings (SSSR count). The minimum absolute atomic E-state index is 0.0396. The Labute approximate surface area is 161 Å². The minimum atomic E-state index is 0.0396. The van der Waals surface area contributed by atoms with Gasteiger partial charge in [0.15, 0.2) is 0 Å². The summed E-state index contributed by atoms with van der Waals surface area (Å²) in [5.41, 5.74) is 1.28. The predicted octanol–water partition coefficient (Wildman–Crippen LogP) is 4.37. The Morgan fingerprint density at radius 1 is 1.07 bits per heavy atom. The Balaban J connectivity index is 1.48. The van der Waals surface area contributed by atoms with Crippen molar-refractivity contribution in [2.75, 3.05) is 18.5 Å². The fourth-order valence-electron chi connectivity index (χ4n) is 4.79. The summed E-state index contributed by atoms with van der Waals surface area (Å²) in [5.74, 6) is 1.23. The number of rotatable bonds is 3. The molecule has 2 heterocycles. The quantitative estimate of drug-likeness (QED) is 0.859. The van der Waals surface area contributed by atoms with E-state index in [0.717, 1.165) is 38.6 Å². The smallest absolute Gasteiger partial charge is 0.257 e. The molecule has 0 bridgehead atoms. The van der Waals surface area contributed by atoms with Crippen LogP contribution in [0.15, 0.2) is 18.2 Å². The van der Waals surface area contributed by atoms with E-state index in [-0.39, 0.29) is 17.9 Å². The van der Waals surface area contributed by atoms with Gasteiger partial charge in [-0.3, -0.25) is 9.59 Å². The van der Waals surface area contributed by atoms with Gasteiger partial charge in [-0.25, -0.2) is 0 Å². The van der Waals surface area contributed by atoms with Gasteiger partial charge in [-0.2, -0.15) is 0 Å². The molecular weight excluding hydrogens is 340 g/mol. The van der Waals surface area contributed by atoms with Crippen LogP contribution in [0.5, 0.6) is 5.75 Å². The van der Waals surface area contributed by atoms with Crippen molar-refractivity contribution < 1.29 is 14.3 Å². The van der Waals surface area contributed by atoms with E-state index in [1.165, 1.54) is 25.7 Å². The summed E-state index contributed by atoms with van der Waals surface area (Å²) in [6.45, 7) is 1.45. The molecule has 0 aromatic heterocycles. The number of hydrogen-bond acceptors (Lipinski definition) is 3. The van der Waals surface area contributed by atoms with Crippen molar-refractivity contribution in [2.45, 2.75) is 70.3 Å². The van der Waals surface area contributed by atoms with E-state index in [2.05, 4.69) is 5.32 Å². The second-order valence-electron chi connectivity index (χ2n) is 8.25. The summed E-state index contributed by atoms with van der Waals surface area (Å²) in [5, 5.41) is 3.00. The lowest BCUT2D eigenvalue weighted by molar-refractivity contribution is -0.117. The maximum absolute atomic E-state index is 13.1. The van der Waals surface area contributed by atoms with E-state index in [1.54, 1.807) is 6.07 Å². The maximum atomic E-state index is 13.1. The van der Waals surface area contributed by atoms with Crippen LogP contribution in [-0.2, 0) is 4.79 Å². The number of fused-ring (bicyclic) bond motifs is 2. The third kappa shape index (κ3) is 4.28. The number of anilines is 1. The van der Waals surface area contributed by atoms with Crippen molar-refractivity contribution in [3.8, 4) is 5.75 Å². The normalized spacial score (nSPS) is 23.5. The highest BCUT2D eigenvalue weighted by Crippen LogP contribution is 2.31. The van der Waals surface area contributed by atoms with Crippen LogP contribution < -0.4 is 10.1 Å². The Kier molecular flexibility index (Phi) is 5.65. The molecule has 2 amide bonds. The molecule has 1 atom stereocenters. The van der Waals surface area contributed by atoms with Crippen LogP contribution >= 0.6 is 0 Å². The number of carbonyl (C=O) groups is 2. The maximum Gasteiger partial charge on any atom is 0.257 e. The molecule has 1 aromatic carbocycles. The summed E-state index contributed by atoms with van der Waals surface area (Å²) in [7, 11) is 0. The summed E-state index contributed by atoms with van der Waals surface area (Å²) in [6.07, 6.45) is 10.8. The van der Waals surface area contributed by atoms with Gasteiger partial charge in [-0.1, -0.05) is 19.3 Å². The number of hydrogen-bond donors (Lipinski definition) is 1. The monoisotopic (exact) mass is 370 g/mol. The van der Waals surface area contributed by atoms with Gasteiger partial charge in [0.25, 0.3) is 5.91 Å². The topological polar surface area (TPSA) is 58.6 Å². The van der Waals surface area contributed by atoms with E-state index in [1.807, 2.05) is 17.0 Å². The fraction of sp³-hybridized carbons (Fsp3) is 0.636. The number of nitrogens with one attached hydrogen (secondary N) is 1. The van der Waals surface area contributed by atoms with Crippen molar-refractivity contribution in [1.29, 1.82) is 0 Å². The highest BCUT2D eigenvalue weighted by atomic mass is 16.5. The number of benzene rings is 1. The summed E-state index contributed by atoms with van der Waals surface area (Å²) < 4.78 is 5.87. The molecule has 146 valence electrons. The minimum Gasteiger partial charge on any atom is -0.493 e. The van der Waals surface area contributed by atoms with Gasteiger partial charge in [0.1, 0.15) is 5.75 Å². The highest BCUT2D eigenvalue weighted by Gasteiger charge is 2.31. The zero-order valence-corrected chi connectivity index (χ0v) is 16.0. The first-order valence-corrected chi connectivity index (χ1v) is 10.6. The van der Waals surface area contributed by atoms with Gasteiger partial charge in [0.05, 0.1) is 12.2 Å². The number of nitrogens with zero attached hydrogens (tertiary/aromatic N) is 1. The van der Waals surface area contributed by atoms with Crippen LogP contribution in [-0.4, -0.2) is 35.9 Å². The highest BCUT2D eigenvalue weighted by molar-refractivity contribution is 5.99. The van der Waals surface area contributed by atoms with Crippen LogP contribution in [0.4, 0.5) is 5.69 Å². The van der Waals surface area contributed by atoms with Crippen molar-refractivity contribution in [3.05, 3.63) is 23.8 Å². The SMILES string of the molecule is O=C(CC1CCCCC1)Nc1ccc2c(c1)C(=O)N1CCCCC1CCO2. The Morgan fingerprint density at radius 2 is 1.89 bits per heavy atom. The molecule has 2 aliphatic heterocycles. The molecule has 1 aromatic rings. The van der Waals surface area contributed by atoms with Crippen LogP contribution in [0.2, 0.25) is 0 Å². The molecule has 0 radical (unpaired) electrons. The van der Waals surface area contributed by atoms with Gasteiger partial charge in [-0.15, -0.1) is 0 Å². The Bertz CT molecular complexity index is 697. The van der Waals surface area contributed by atoms with Crippen LogP contribution in [0.3, 0.4) is 0 Å². The van der Waals surface area contributed by atoms with E-state index in [9.17, 15) is 9.59 Å². The second kappa shape index (κ2) is 8.32. The fourth-order valence-corrected chi connectivity index (χ4v) is 4.79. The molecule has 2 fully saturated rings. The van der Waals surface area contributed by atoms with Gasteiger partial charge in [0, 0.05) is 31.1 Å². The second-order valence-corrected chi connectivity index (χ2v) is 8.25. The Morgan fingerprint density at radius 3 is 2.74 bits per heavy atom. The largest absolute Gasteiger partial charge is 0.493 e. The zero-order chi connectivity index (χ0) is 18.6. The van der Waals surface area contributed by atoms with E-state index in [4.69, 9.17) is 4.74 Å². The lowest BCUT2D eigenvalue weighted by Gasteiger charge is -2.37. The zero-order valence-electron chi connectivity index (χ0n) is 16.0. The molecule has 1 saturated carbocycles. The van der Waals surface area contributed by atoms with Crippen LogP contribution in [0.1, 0.15) is 74.6 Å². The first-order valence-electron chi connectivity index (χ1n) is 10.6. The summed E-state index contributed by atoms with van der Waals surface area (Å²) in [4.78, 5) is 27.6. The van der Waals surface area contributed by atoms with Gasteiger partial charge >= 0.3 is 0 Å². The van der Waals surface area contributed by atoms with E-state index < -0.39 is 0 Å². The number of carbonyl (C=O) groups excluding carboxylic acids is 2. The molecule has 1 unspecified atom stereocenters. The molecule has 27 heavy (non-hydrogen) atoms. The van der Waals surface area contributed by atoms with Crippen LogP contribution in [0, 0.1) is 5.92 Å². The molecule has 5 nitrogen and oxygen atoms in total. The third-order valence-electron chi connectivity index (χ3n) is 6.29. The first-order chi connectivity index (χ1) is 13.2. The number of ether oxygens (including phenoxy) is 1. The van der Waals surface area contributed by atoms with Crippen LogP contribution in [0.25, 0.3) is 0 Å². The lowest BCUT2D eigenvalue weighted by Crippen LogP contribution is -2.45. The summed E-state index contributed by atoms with van der Waals surface area (Å²) in [6, 6.07) is 5.75. The standard InChI is InChI=1S/C22H30N2O3/c25-21(14-16-6-2-1-3-7-16)23-17-9-10-20-19(15-17)22(26)24-12-5-4-8-18(24)11-13-27-20/h9-10,15-16,18H,1-8,11-14H2,(H,23,25). The molecule has 1 saturated heterocycles. The van der Waals surface area contributed by atoms with Gasteiger partial charge in [0.2, 0.25) is 5.91 Å². The number of amides is 2. The lowest BCUT2D eigenvalue weighted by atomic mass is 9.87. The molecule has 0 spiro atoms. The Hall–Kier alpha value is -2.04. The molecular formula is C22H30N2O3. The molecule has 5 heteroatoms. The van der Waals surface area contributed by atoms with Crippen molar-refractivity contribution >= 4 is 17.5 Å². The molecule has 3 aliphatic rings. The number of piperidine rings is 1. The van der Waals surface area contributed by atoms with Crippen molar-refractivity contribution in [1.82, 2.24) is 4.90 Å². The third-order valence-corrected chi connectivity index (χ3v) is 6.29. The van der Waals surface area contributed by atoms with Crippen molar-refractivity contribution in [3.63, 3.8) is 0 Å².